The highest BCUT2D eigenvalue weighted by molar-refractivity contribution is 5.99. The van der Waals surface area contributed by atoms with Crippen LogP contribution in [-0.4, -0.2) is 0 Å². The molecule has 1 nitrogen and oxygen atoms in total. The SMILES string of the molecule is CC1(C)c2ccccc2-c2ccc(N(c3ccc4c(c3)C(c3ccccc3)(c3ccccc3)c3ccccc3-4)c3cccc4c3-c3ccccc3C4(c3ccccc3)c3ccccc3)cc21. The average molecular weight is 842 g/mol. The van der Waals surface area contributed by atoms with Crippen LogP contribution in [0.15, 0.2) is 249 Å². The molecule has 10 aromatic rings. The first-order valence-electron chi connectivity index (χ1n) is 23.3. The van der Waals surface area contributed by atoms with Gasteiger partial charge in [-0.25, -0.2) is 0 Å². The zero-order valence-corrected chi connectivity index (χ0v) is 37.1. The maximum atomic E-state index is 2.57. The molecule has 0 N–H and O–H groups in total. The summed E-state index contributed by atoms with van der Waals surface area (Å²) in [5, 5.41) is 0. The van der Waals surface area contributed by atoms with Gasteiger partial charge < -0.3 is 4.90 Å². The molecule has 0 unspecified atom stereocenters. The van der Waals surface area contributed by atoms with Gasteiger partial charge in [0.25, 0.3) is 0 Å². The van der Waals surface area contributed by atoms with E-state index < -0.39 is 10.8 Å². The summed E-state index contributed by atoms with van der Waals surface area (Å²) >= 11 is 0. The molecule has 3 aliphatic carbocycles. The van der Waals surface area contributed by atoms with Crippen molar-refractivity contribution in [3.63, 3.8) is 0 Å². The van der Waals surface area contributed by atoms with Gasteiger partial charge in [-0.15, -0.1) is 0 Å². The zero-order chi connectivity index (χ0) is 44.0. The van der Waals surface area contributed by atoms with Crippen LogP contribution in [-0.2, 0) is 16.2 Å². The van der Waals surface area contributed by atoms with Crippen molar-refractivity contribution in [3.05, 3.63) is 304 Å². The Morgan fingerprint density at radius 1 is 0.273 bits per heavy atom. The van der Waals surface area contributed by atoms with E-state index in [1.54, 1.807) is 0 Å². The summed E-state index contributed by atoms with van der Waals surface area (Å²) in [5.41, 5.74) is 22.8. The highest BCUT2D eigenvalue weighted by Gasteiger charge is 2.49. The lowest BCUT2D eigenvalue weighted by atomic mass is 9.67. The van der Waals surface area contributed by atoms with Crippen LogP contribution in [0.2, 0.25) is 0 Å². The highest BCUT2D eigenvalue weighted by atomic mass is 15.1. The third-order valence-corrected chi connectivity index (χ3v) is 15.2. The Balaban J connectivity index is 1.13. The zero-order valence-electron chi connectivity index (χ0n) is 37.1. The lowest BCUT2D eigenvalue weighted by molar-refractivity contribution is 0.660. The first-order valence-corrected chi connectivity index (χ1v) is 23.3. The van der Waals surface area contributed by atoms with Gasteiger partial charge in [0.05, 0.1) is 16.5 Å². The smallest absolute Gasteiger partial charge is 0.0714 e. The largest absolute Gasteiger partial charge is 0.310 e. The number of hydrogen-bond acceptors (Lipinski definition) is 1. The topological polar surface area (TPSA) is 3.24 Å². The molecule has 0 aromatic heterocycles. The van der Waals surface area contributed by atoms with Crippen LogP contribution in [0.5, 0.6) is 0 Å². The lowest BCUT2D eigenvalue weighted by Gasteiger charge is -2.36. The van der Waals surface area contributed by atoms with Crippen molar-refractivity contribution in [1.29, 1.82) is 0 Å². The van der Waals surface area contributed by atoms with E-state index in [0.717, 1.165) is 17.1 Å². The summed E-state index contributed by atoms with van der Waals surface area (Å²) < 4.78 is 0. The molecule has 0 atom stereocenters. The highest BCUT2D eigenvalue weighted by Crippen LogP contribution is 2.62. The van der Waals surface area contributed by atoms with E-state index in [2.05, 4.69) is 267 Å². The van der Waals surface area contributed by atoms with Gasteiger partial charge in [-0.05, 0) is 114 Å². The van der Waals surface area contributed by atoms with Gasteiger partial charge >= 0.3 is 0 Å². The van der Waals surface area contributed by atoms with Gasteiger partial charge in [0.2, 0.25) is 0 Å². The van der Waals surface area contributed by atoms with Crippen molar-refractivity contribution in [2.24, 2.45) is 0 Å². The van der Waals surface area contributed by atoms with Crippen LogP contribution in [0, 0.1) is 0 Å². The number of anilines is 3. The van der Waals surface area contributed by atoms with Gasteiger partial charge in [-0.1, -0.05) is 232 Å². The van der Waals surface area contributed by atoms with Crippen LogP contribution in [0.4, 0.5) is 17.1 Å². The minimum absolute atomic E-state index is 0.177. The quantitative estimate of drug-likeness (QED) is 0.155. The van der Waals surface area contributed by atoms with Gasteiger partial charge in [-0.3, -0.25) is 0 Å². The van der Waals surface area contributed by atoms with Gasteiger partial charge in [0, 0.05) is 22.4 Å². The molecule has 3 aliphatic rings. The Kier molecular flexibility index (Phi) is 8.45. The molecule has 0 spiro atoms. The second-order valence-electron chi connectivity index (χ2n) is 18.7. The van der Waals surface area contributed by atoms with E-state index >= 15 is 0 Å². The molecule has 0 bridgehead atoms. The monoisotopic (exact) mass is 841 g/mol. The molecule has 0 saturated carbocycles. The third-order valence-electron chi connectivity index (χ3n) is 15.2. The van der Waals surface area contributed by atoms with Crippen LogP contribution in [0.25, 0.3) is 33.4 Å². The maximum absolute atomic E-state index is 2.57. The second kappa shape index (κ2) is 14.5. The van der Waals surface area contributed by atoms with Gasteiger partial charge in [0.15, 0.2) is 0 Å². The molecular weight excluding hydrogens is 795 g/mol. The summed E-state index contributed by atoms with van der Waals surface area (Å²) in [4.78, 5) is 2.57. The summed E-state index contributed by atoms with van der Waals surface area (Å²) in [6, 6.07) is 93.3. The Labute approximate surface area is 388 Å². The Morgan fingerprint density at radius 2 is 0.636 bits per heavy atom. The van der Waals surface area contributed by atoms with Crippen LogP contribution in [0.1, 0.15) is 69.5 Å². The standard InChI is InChI=1S/C65H47N/c1-63(2)55-33-18-15-30-50(55)52-40-38-48(42-59(52)63)66(49-39-41-53-51-31-16-19-34-56(51)65(60(53)43-49,46-26-11-5-12-27-46)47-28-13-6-14-29-47)61-37-21-36-58-62(61)54-32-17-20-35-57(54)64(58,44-22-7-3-8-23-44)45-24-9-4-10-25-45/h3-43H,1-2H3. The van der Waals surface area contributed by atoms with Crippen LogP contribution < -0.4 is 4.90 Å². The molecule has 66 heavy (non-hydrogen) atoms. The fraction of sp³-hybridized carbons (Fsp3) is 0.0769. The van der Waals surface area contributed by atoms with Gasteiger partial charge in [0.1, 0.15) is 0 Å². The van der Waals surface area contributed by atoms with E-state index in [4.69, 9.17) is 0 Å². The second-order valence-corrected chi connectivity index (χ2v) is 18.7. The van der Waals surface area contributed by atoms with Crippen LogP contribution in [0.3, 0.4) is 0 Å². The molecule has 0 aliphatic heterocycles. The first kappa shape index (κ1) is 38.5. The summed E-state index contributed by atoms with van der Waals surface area (Å²) in [6.07, 6.45) is 0. The van der Waals surface area contributed by atoms with E-state index in [9.17, 15) is 0 Å². The van der Waals surface area contributed by atoms with Crippen molar-refractivity contribution in [2.75, 3.05) is 4.90 Å². The number of benzene rings is 10. The number of nitrogens with zero attached hydrogens (tertiary/aromatic N) is 1. The third kappa shape index (κ3) is 5.17. The predicted octanol–water partition coefficient (Wildman–Crippen LogP) is 16.2. The lowest BCUT2D eigenvalue weighted by Crippen LogP contribution is -2.29. The average Bonchev–Trinajstić information content (AvgIpc) is 3.95. The molecule has 312 valence electrons. The fourth-order valence-corrected chi connectivity index (χ4v) is 12.5. The normalized spacial score (nSPS) is 14.9. The van der Waals surface area contributed by atoms with E-state index in [0.29, 0.717) is 0 Å². The molecule has 0 amide bonds. The molecule has 0 fully saturated rings. The Bertz CT molecular complexity index is 3420. The van der Waals surface area contributed by atoms with Crippen molar-refractivity contribution in [2.45, 2.75) is 30.1 Å². The maximum Gasteiger partial charge on any atom is 0.0714 e. The molecule has 1 heteroatoms. The molecule has 13 rings (SSSR count). The number of hydrogen-bond donors (Lipinski definition) is 0. The molecule has 0 saturated heterocycles. The first-order chi connectivity index (χ1) is 32.5. The molecule has 10 aromatic carbocycles. The van der Waals surface area contributed by atoms with Crippen molar-refractivity contribution in [3.8, 4) is 33.4 Å². The van der Waals surface area contributed by atoms with E-state index in [1.165, 1.54) is 89.0 Å². The number of rotatable bonds is 7. The van der Waals surface area contributed by atoms with Crippen molar-refractivity contribution >= 4 is 17.1 Å². The van der Waals surface area contributed by atoms with Crippen LogP contribution >= 0.6 is 0 Å². The fourth-order valence-electron chi connectivity index (χ4n) is 12.5. The van der Waals surface area contributed by atoms with Crippen molar-refractivity contribution < 1.29 is 0 Å². The molecule has 0 radical (unpaired) electrons. The predicted molar refractivity (Wildman–Crippen MR) is 273 cm³/mol. The molecule has 0 heterocycles. The van der Waals surface area contributed by atoms with Crippen molar-refractivity contribution in [1.82, 2.24) is 0 Å². The summed E-state index contributed by atoms with van der Waals surface area (Å²) in [7, 11) is 0. The number of fused-ring (bicyclic) bond motifs is 9. The molecular formula is C65H47N. The summed E-state index contributed by atoms with van der Waals surface area (Å²) in [5.74, 6) is 0. The minimum Gasteiger partial charge on any atom is -0.310 e. The summed E-state index contributed by atoms with van der Waals surface area (Å²) in [6.45, 7) is 4.77. The van der Waals surface area contributed by atoms with E-state index in [1.807, 2.05) is 0 Å². The van der Waals surface area contributed by atoms with E-state index in [-0.39, 0.29) is 5.41 Å². The van der Waals surface area contributed by atoms with Gasteiger partial charge in [-0.2, -0.15) is 0 Å². The Morgan fingerprint density at radius 3 is 1.17 bits per heavy atom. The minimum atomic E-state index is -0.543. The Hall–Kier alpha value is -8.00.